The first-order valence-electron chi connectivity index (χ1n) is 7.98. The number of ether oxygens (including phenoxy) is 1. The predicted molar refractivity (Wildman–Crippen MR) is 96.6 cm³/mol. The molecule has 136 valence electrons. The van der Waals surface area contributed by atoms with Gasteiger partial charge in [-0.2, -0.15) is 0 Å². The van der Waals surface area contributed by atoms with Crippen LogP contribution in [0.2, 0.25) is 0 Å². The van der Waals surface area contributed by atoms with Gasteiger partial charge in [0.1, 0.15) is 24.1 Å². The first kappa shape index (κ1) is 19.4. The van der Waals surface area contributed by atoms with Crippen molar-refractivity contribution in [3.63, 3.8) is 0 Å². The Morgan fingerprint density at radius 1 is 1.52 bits per heavy atom. The lowest BCUT2D eigenvalue weighted by molar-refractivity contribution is 0.00937. The van der Waals surface area contributed by atoms with E-state index in [9.17, 15) is 9.90 Å². The van der Waals surface area contributed by atoms with Crippen LogP contribution in [0, 0.1) is 12.3 Å². The molecule has 7 heteroatoms. The molecule has 0 saturated heterocycles. The monoisotopic (exact) mass is 366 g/mol. The summed E-state index contributed by atoms with van der Waals surface area (Å²) >= 11 is 6.37. The third-order valence-corrected chi connectivity index (χ3v) is 4.73. The van der Waals surface area contributed by atoms with Crippen LogP contribution in [0.25, 0.3) is 0 Å². The van der Waals surface area contributed by atoms with Gasteiger partial charge in [0, 0.05) is 17.3 Å². The Balaban J connectivity index is 2.25. The normalized spacial score (nSPS) is 19.9. The van der Waals surface area contributed by atoms with Gasteiger partial charge in [0.2, 0.25) is 0 Å². The molecule has 25 heavy (non-hydrogen) atoms. The minimum atomic E-state index is -1.11. The second-order valence-electron chi connectivity index (χ2n) is 6.56. The van der Waals surface area contributed by atoms with Crippen molar-refractivity contribution in [2.24, 2.45) is 5.41 Å². The van der Waals surface area contributed by atoms with E-state index in [1.807, 2.05) is 39.0 Å². The molecule has 1 aliphatic rings. The quantitative estimate of drug-likeness (QED) is 0.529. The molecule has 0 bridgehead atoms. The van der Waals surface area contributed by atoms with E-state index in [0.29, 0.717) is 5.82 Å². The molecule has 0 aliphatic heterocycles. The molecule has 0 amide bonds. The lowest BCUT2D eigenvalue weighted by Gasteiger charge is -2.34. The van der Waals surface area contributed by atoms with Crippen molar-refractivity contribution in [2.75, 3.05) is 18.5 Å². The van der Waals surface area contributed by atoms with E-state index in [1.54, 1.807) is 12.3 Å². The largest absolute Gasteiger partial charge is 0.459 e. The standard InChI is InChI=1S/C18H23ClN2O4/c1-11-7-13(17(24)25-10-12(23)9-22)16(20-8-11)21-15-6-4-5-14(19)18(15,2)3/h4-8,12,14,22-23H,9-10H2,1-3H3,(H,20,21). The van der Waals surface area contributed by atoms with Crippen molar-refractivity contribution in [3.05, 3.63) is 47.3 Å². The molecular formula is C18H23ClN2O4. The van der Waals surface area contributed by atoms with Gasteiger partial charge in [0.15, 0.2) is 0 Å². The number of halogens is 1. The van der Waals surface area contributed by atoms with Crippen molar-refractivity contribution in [3.8, 4) is 0 Å². The Morgan fingerprint density at radius 3 is 2.92 bits per heavy atom. The van der Waals surface area contributed by atoms with Gasteiger partial charge >= 0.3 is 5.97 Å². The Morgan fingerprint density at radius 2 is 2.24 bits per heavy atom. The third kappa shape index (κ3) is 4.60. The van der Waals surface area contributed by atoms with Crippen molar-refractivity contribution >= 4 is 23.4 Å². The SMILES string of the molecule is Cc1cnc(NC2=CC=CC(Cl)C2(C)C)c(C(=O)OCC(O)CO)c1. The summed E-state index contributed by atoms with van der Waals surface area (Å²) in [4.78, 5) is 16.7. The van der Waals surface area contributed by atoms with Crippen molar-refractivity contribution in [2.45, 2.75) is 32.3 Å². The van der Waals surface area contributed by atoms with E-state index < -0.39 is 18.7 Å². The van der Waals surface area contributed by atoms with Crippen LogP contribution in [0.4, 0.5) is 5.82 Å². The number of anilines is 1. The molecule has 2 rings (SSSR count). The average Bonchev–Trinajstić information content (AvgIpc) is 2.58. The predicted octanol–water partition coefficient (Wildman–Crippen LogP) is 2.40. The van der Waals surface area contributed by atoms with Crippen LogP contribution in [0.5, 0.6) is 0 Å². The highest BCUT2D eigenvalue weighted by Gasteiger charge is 2.33. The van der Waals surface area contributed by atoms with Gasteiger partial charge < -0.3 is 20.3 Å². The number of carbonyl (C=O) groups is 1. The topological polar surface area (TPSA) is 91.7 Å². The van der Waals surface area contributed by atoms with Gasteiger partial charge in [-0.1, -0.05) is 26.0 Å². The number of nitrogens with one attached hydrogen (secondary N) is 1. The second-order valence-corrected chi connectivity index (χ2v) is 7.03. The molecule has 0 saturated carbocycles. The number of nitrogens with zero attached hydrogens (tertiary/aromatic N) is 1. The average molecular weight is 367 g/mol. The maximum Gasteiger partial charge on any atom is 0.342 e. The number of hydrogen-bond donors (Lipinski definition) is 3. The molecule has 3 N–H and O–H groups in total. The van der Waals surface area contributed by atoms with Crippen LogP contribution in [-0.2, 0) is 4.74 Å². The highest BCUT2D eigenvalue weighted by molar-refractivity contribution is 6.22. The first-order valence-corrected chi connectivity index (χ1v) is 8.42. The lowest BCUT2D eigenvalue weighted by Crippen LogP contribution is -2.32. The van der Waals surface area contributed by atoms with Gasteiger partial charge in [0.25, 0.3) is 0 Å². The molecule has 0 fully saturated rings. The van der Waals surface area contributed by atoms with Gasteiger partial charge in [-0.3, -0.25) is 0 Å². The molecule has 1 heterocycles. The summed E-state index contributed by atoms with van der Waals surface area (Å²) in [5, 5.41) is 21.2. The van der Waals surface area contributed by atoms with Crippen molar-refractivity contribution < 1.29 is 19.7 Å². The summed E-state index contributed by atoms with van der Waals surface area (Å²) in [6.07, 6.45) is 6.19. The van der Waals surface area contributed by atoms with Crippen LogP contribution < -0.4 is 5.32 Å². The molecule has 1 aliphatic carbocycles. The number of aliphatic hydroxyl groups excluding tert-OH is 2. The number of carbonyl (C=O) groups excluding carboxylic acids is 1. The Bertz CT molecular complexity index is 700. The van der Waals surface area contributed by atoms with E-state index in [4.69, 9.17) is 21.4 Å². The molecule has 1 aromatic heterocycles. The molecular weight excluding hydrogens is 344 g/mol. The molecule has 6 nitrogen and oxygen atoms in total. The summed E-state index contributed by atoms with van der Waals surface area (Å²) in [7, 11) is 0. The highest BCUT2D eigenvalue weighted by atomic mass is 35.5. The number of esters is 1. The summed E-state index contributed by atoms with van der Waals surface area (Å²) in [5.41, 5.74) is 1.52. The fourth-order valence-corrected chi connectivity index (χ4v) is 2.51. The Labute approximate surface area is 152 Å². The highest BCUT2D eigenvalue weighted by Crippen LogP contribution is 2.38. The third-order valence-electron chi connectivity index (χ3n) is 4.04. The number of aromatic nitrogens is 1. The Hall–Kier alpha value is -1.89. The number of rotatable bonds is 6. The van der Waals surface area contributed by atoms with Crippen LogP contribution in [0.1, 0.15) is 29.8 Å². The summed E-state index contributed by atoms with van der Waals surface area (Å²) < 4.78 is 5.05. The maximum atomic E-state index is 12.4. The number of allylic oxidation sites excluding steroid dienone is 4. The smallest absolute Gasteiger partial charge is 0.342 e. The zero-order valence-corrected chi connectivity index (χ0v) is 15.2. The molecule has 2 unspecified atom stereocenters. The van der Waals surface area contributed by atoms with Crippen LogP contribution >= 0.6 is 11.6 Å². The van der Waals surface area contributed by atoms with Crippen molar-refractivity contribution in [1.29, 1.82) is 0 Å². The molecule has 0 aromatic carbocycles. The first-order chi connectivity index (χ1) is 11.8. The molecule has 1 aromatic rings. The summed E-state index contributed by atoms with van der Waals surface area (Å²) in [6, 6.07) is 1.66. The lowest BCUT2D eigenvalue weighted by atomic mass is 9.82. The number of hydrogen-bond acceptors (Lipinski definition) is 6. The van der Waals surface area contributed by atoms with Crippen molar-refractivity contribution in [1.82, 2.24) is 4.98 Å². The second kappa shape index (κ2) is 7.99. The molecule has 2 atom stereocenters. The van der Waals surface area contributed by atoms with Crippen LogP contribution in [0.3, 0.4) is 0 Å². The van der Waals surface area contributed by atoms with Gasteiger partial charge in [0.05, 0.1) is 12.0 Å². The number of aryl methyl sites for hydroxylation is 1. The van der Waals surface area contributed by atoms with Crippen LogP contribution in [0.15, 0.2) is 36.2 Å². The fourth-order valence-electron chi connectivity index (χ4n) is 2.31. The van der Waals surface area contributed by atoms with E-state index in [1.165, 1.54) is 0 Å². The Kier molecular flexibility index (Phi) is 6.21. The van der Waals surface area contributed by atoms with E-state index in [2.05, 4.69) is 10.3 Å². The molecule has 0 spiro atoms. The van der Waals surface area contributed by atoms with Gasteiger partial charge in [-0.15, -0.1) is 11.6 Å². The minimum absolute atomic E-state index is 0.194. The molecule has 0 radical (unpaired) electrons. The fraction of sp³-hybridized carbons (Fsp3) is 0.444. The van der Waals surface area contributed by atoms with Crippen LogP contribution in [-0.4, -0.2) is 45.9 Å². The minimum Gasteiger partial charge on any atom is -0.459 e. The van der Waals surface area contributed by atoms with E-state index in [0.717, 1.165) is 11.3 Å². The number of aliphatic hydroxyl groups is 2. The zero-order valence-electron chi connectivity index (χ0n) is 14.5. The summed E-state index contributed by atoms with van der Waals surface area (Å²) in [5.74, 6) is -0.272. The van der Waals surface area contributed by atoms with Gasteiger partial charge in [-0.05, 0) is 24.6 Å². The van der Waals surface area contributed by atoms with E-state index in [-0.39, 0.29) is 23.0 Å². The van der Waals surface area contributed by atoms with Gasteiger partial charge in [-0.25, -0.2) is 9.78 Å². The summed E-state index contributed by atoms with van der Waals surface area (Å²) in [6.45, 7) is 5.05. The zero-order chi connectivity index (χ0) is 18.6. The maximum absolute atomic E-state index is 12.4. The van der Waals surface area contributed by atoms with E-state index >= 15 is 0 Å². The number of alkyl halides is 1. The number of pyridine rings is 1.